The zero-order valence-electron chi connectivity index (χ0n) is 9.69. The smallest absolute Gasteiger partial charge is 0.316 e. The van der Waals surface area contributed by atoms with Gasteiger partial charge in [-0.1, -0.05) is 12.1 Å². The third-order valence-electron chi connectivity index (χ3n) is 1.63. The van der Waals surface area contributed by atoms with E-state index in [1.54, 1.807) is 18.2 Å². The minimum absolute atomic E-state index is 0.191. The molecule has 0 aromatic heterocycles. The molecule has 0 aliphatic heterocycles. The SMILES string of the molecule is CC(C)(C)OC(=O)CSc1ccccc1O. The number of thioether (sulfide) groups is 1. The molecule has 1 N–H and O–H groups in total. The maximum Gasteiger partial charge on any atom is 0.316 e. The molecular weight excluding hydrogens is 224 g/mol. The molecule has 0 amide bonds. The molecule has 0 heterocycles. The summed E-state index contributed by atoms with van der Waals surface area (Å²) in [7, 11) is 0. The van der Waals surface area contributed by atoms with E-state index in [2.05, 4.69) is 0 Å². The summed E-state index contributed by atoms with van der Waals surface area (Å²) in [6.07, 6.45) is 0. The average molecular weight is 240 g/mol. The van der Waals surface area contributed by atoms with Crippen LogP contribution in [0.5, 0.6) is 5.75 Å². The Morgan fingerprint density at radius 1 is 1.38 bits per heavy atom. The van der Waals surface area contributed by atoms with Gasteiger partial charge in [-0.2, -0.15) is 0 Å². The zero-order valence-corrected chi connectivity index (χ0v) is 10.5. The van der Waals surface area contributed by atoms with E-state index in [1.807, 2.05) is 26.8 Å². The van der Waals surface area contributed by atoms with Gasteiger partial charge in [0.2, 0.25) is 0 Å². The van der Waals surface area contributed by atoms with Crippen LogP contribution in [-0.4, -0.2) is 22.4 Å². The molecule has 88 valence electrons. The lowest BCUT2D eigenvalue weighted by Crippen LogP contribution is -2.24. The summed E-state index contributed by atoms with van der Waals surface area (Å²) in [4.78, 5) is 12.1. The highest BCUT2D eigenvalue weighted by atomic mass is 32.2. The van der Waals surface area contributed by atoms with Crippen molar-refractivity contribution < 1.29 is 14.6 Å². The normalized spacial score (nSPS) is 11.2. The predicted octanol–water partition coefficient (Wildman–Crippen LogP) is 2.83. The topological polar surface area (TPSA) is 46.5 Å². The zero-order chi connectivity index (χ0) is 12.2. The molecule has 4 heteroatoms. The number of hydrogen-bond donors (Lipinski definition) is 1. The Balaban J connectivity index is 2.47. The third kappa shape index (κ3) is 4.57. The summed E-state index contributed by atoms with van der Waals surface area (Å²) in [6, 6.07) is 6.92. The van der Waals surface area contributed by atoms with Gasteiger partial charge in [-0.15, -0.1) is 11.8 Å². The van der Waals surface area contributed by atoms with Crippen LogP contribution in [0.15, 0.2) is 29.2 Å². The number of phenols is 1. The predicted molar refractivity (Wildman–Crippen MR) is 64.7 cm³/mol. The number of carbonyl (C=O) groups excluding carboxylic acids is 1. The highest BCUT2D eigenvalue weighted by molar-refractivity contribution is 8.00. The van der Waals surface area contributed by atoms with Gasteiger partial charge in [0.15, 0.2) is 0 Å². The Morgan fingerprint density at radius 2 is 2.00 bits per heavy atom. The van der Waals surface area contributed by atoms with E-state index in [0.29, 0.717) is 4.90 Å². The Kier molecular flexibility index (Phi) is 4.24. The first-order valence-corrected chi connectivity index (χ1v) is 6.00. The number of rotatable bonds is 3. The molecule has 1 rings (SSSR count). The Labute approximate surface area is 99.8 Å². The first-order valence-electron chi connectivity index (χ1n) is 5.01. The third-order valence-corrected chi connectivity index (χ3v) is 2.67. The van der Waals surface area contributed by atoms with Crippen LogP contribution in [0.4, 0.5) is 0 Å². The van der Waals surface area contributed by atoms with Crippen LogP contribution in [0.25, 0.3) is 0 Å². The van der Waals surface area contributed by atoms with Crippen LogP contribution in [0.2, 0.25) is 0 Å². The number of carbonyl (C=O) groups is 1. The highest BCUT2D eigenvalue weighted by Gasteiger charge is 2.16. The van der Waals surface area contributed by atoms with Gasteiger partial charge in [-0.3, -0.25) is 4.79 Å². The van der Waals surface area contributed by atoms with E-state index in [1.165, 1.54) is 11.8 Å². The molecule has 0 aliphatic rings. The van der Waals surface area contributed by atoms with Gasteiger partial charge < -0.3 is 9.84 Å². The summed E-state index contributed by atoms with van der Waals surface area (Å²) in [5.41, 5.74) is -0.462. The Morgan fingerprint density at radius 3 is 2.56 bits per heavy atom. The van der Waals surface area contributed by atoms with Crippen LogP contribution in [0.3, 0.4) is 0 Å². The number of phenolic OH excluding ortho intramolecular Hbond substituents is 1. The van der Waals surface area contributed by atoms with Crippen molar-refractivity contribution in [1.29, 1.82) is 0 Å². The lowest BCUT2D eigenvalue weighted by atomic mass is 10.2. The van der Waals surface area contributed by atoms with E-state index >= 15 is 0 Å². The fourth-order valence-corrected chi connectivity index (χ4v) is 1.81. The molecular formula is C12H16O3S. The van der Waals surface area contributed by atoms with Gasteiger partial charge >= 0.3 is 5.97 Å². The fourth-order valence-electron chi connectivity index (χ4n) is 1.09. The number of para-hydroxylation sites is 1. The van der Waals surface area contributed by atoms with Crippen molar-refractivity contribution >= 4 is 17.7 Å². The molecule has 3 nitrogen and oxygen atoms in total. The molecule has 0 bridgehead atoms. The molecule has 0 saturated carbocycles. The van der Waals surface area contributed by atoms with E-state index in [0.717, 1.165) is 0 Å². The van der Waals surface area contributed by atoms with Crippen molar-refractivity contribution in [3.8, 4) is 5.75 Å². The van der Waals surface area contributed by atoms with Crippen molar-refractivity contribution in [2.24, 2.45) is 0 Å². The standard InChI is InChI=1S/C12H16O3S/c1-12(2,3)15-11(14)8-16-10-7-5-4-6-9(10)13/h4-7,13H,8H2,1-3H3. The fraction of sp³-hybridized carbons (Fsp3) is 0.417. The summed E-state index contributed by atoms with van der Waals surface area (Å²) >= 11 is 1.27. The number of ether oxygens (including phenoxy) is 1. The quantitative estimate of drug-likeness (QED) is 0.652. The largest absolute Gasteiger partial charge is 0.507 e. The lowest BCUT2D eigenvalue weighted by molar-refractivity contribution is -0.151. The van der Waals surface area contributed by atoms with Crippen LogP contribution in [0, 0.1) is 0 Å². The van der Waals surface area contributed by atoms with Crippen molar-refractivity contribution in [2.75, 3.05) is 5.75 Å². The minimum Gasteiger partial charge on any atom is -0.507 e. The monoisotopic (exact) mass is 240 g/mol. The van der Waals surface area contributed by atoms with Crippen molar-refractivity contribution in [2.45, 2.75) is 31.3 Å². The minimum atomic E-state index is -0.462. The molecule has 0 aliphatic carbocycles. The summed E-state index contributed by atoms with van der Waals surface area (Å²) in [5.74, 6) is 0.117. The van der Waals surface area contributed by atoms with Crippen LogP contribution < -0.4 is 0 Å². The average Bonchev–Trinajstić information content (AvgIpc) is 2.14. The Hall–Kier alpha value is -1.16. The van der Waals surface area contributed by atoms with Crippen molar-refractivity contribution in [3.63, 3.8) is 0 Å². The van der Waals surface area contributed by atoms with Gasteiger partial charge in [0.1, 0.15) is 11.4 Å². The van der Waals surface area contributed by atoms with Crippen LogP contribution in [-0.2, 0) is 9.53 Å². The summed E-state index contributed by atoms with van der Waals surface area (Å²) in [6.45, 7) is 5.49. The van der Waals surface area contributed by atoms with Gasteiger partial charge in [0.25, 0.3) is 0 Å². The van der Waals surface area contributed by atoms with Crippen molar-refractivity contribution in [3.05, 3.63) is 24.3 Å². The van der Waals surface area contributed by atoms with Crippen LogP contribution >= 0.6 is 11.8 Å². The summed E-state index contributed by atoms with van der Waals surface area (Å²) in [5, 5.41) is 9.48. The van der Waals surface area contributed by atoms with E-state index < -0.39 is 5.60 Å². The lowest BCUT2D eigenvalue weighted by Gasteiger charge is -2.19. The number of esters is 1. The Bertz CT molecular complexity index is 369. The van der Waals surface area contributed by atoms with E-state index in [9.17, 15) is 9.90 Å². The first-order chi connectivity index (χ1) is 7.38. The van der Waals surface area contributed by atoms with Crippen molar-refractivity contribution in [1.82, 2.24) is 0 Å². The first kappa shape index (κ1) is 12.9. The molecule has 0 fully saturated rings. The maximum atomic E-state index is 11.4. The number of benzene rings is 1. The van der Waals surface area contributed by atoms with Gasteiger partial charge in [-0.05, 0) is 32.9 Å². The highest BCUT2D eigenvalue weighted by Crippen LogP contribution is 2.27. The molecule has 0 atom stereocenters. The molecule has 0 radical (unpaired) electrons. The van der Waals surface area contributed by atoms with Gasteiger partial charge in [0.05, 0.1) is 5.75 Å². The summed E-state index contributed by atoms with van der Waals surface area (Å²) < 4.78 is 5.16. The molecule has 1 aromatic carbocycles. The molecule has 1 aromatic rings. The van der Waals surface area contributed by atoms with E-state index in [-0.39, 0.29) is 17.5 Å². The number of hydrogen-bond acceptors (Lipinski definition) is 4. The van der Waals surface area contributed by atoms with Crippen LogP contribution in [0.1, 0.15) is 20.8 Å². The second-order valence-corrected chi connectivity index (χ2v) is 5.36. The second kappa shape index (κ2) is 5.25. The van der Waals surface area contributed by atoms with Gasteiger partial charge in [0, 0.05) is 4.90 Å². The van der Waals surface area contributed by atoms with Gasteiger partial charge in [-0.25, -0.2) is 0 Å². The molecule has 0 unspecified atom stereocenters. The van der Waals surface area contributed by atoms with E-state index in [4.69, 9.17) is 4.74 Å². The molecule has 0 spiro atoms. The molecule has 0 saturated heterocycles. The maximum absolute atomic E-state index is 11.4. The number of aromatic hydroxyl groups is 1. The second-order valence-electron chi connectivity index (χ2n) is 4.34. The molecule has 16 heavy (non-hydrogen) atoms.